The van der Waals surface area contributed by atoms with Crippen molar-refractivity contribution in [2.75, 3.05) is 39.8 Å². The zero-order chi connectivity index (χ0) is 17.9. The largest absolute Gasteiger partial charge is 0.356 e. The number of likely N-dealkylation sites (tertiary alicyclic amines) is 1. The number of hydrogen-bond acceptors (Lipinski definition) is 3. The van der Waals surface area contributed by atoms with Crippen molar-refractivity contribution in [1.29, 1.82) is 0 Å². The van der Waals surface area contributed by atoms with Gasteiger partial charge in [-0.1, -0.05) is 6.42 Å². The molecule has 5 heteroatoms. The van der Waals surface area contributed by atoms with Crippen LogP contribution in [0.2, 0.25) is 0 Å². The van der Waals surface area contributed by atoms with Crippen LogP contribution in [0.4, 0.5) is 0 Å². The van der Waals surface area contributed by atoms with Gasteiger partial charge < -0.3 is 15.5 Å². The van der Waals surface area contributed by atoms with Gasteiger partial charge in [-0.3, -0.25) is 9.89 Å². The third-order valence-electron chi connectivity index (χ3n) is 5.07. The van der Waals surface area contributed by atoms with Crippen molar-refractivity contribution in [1.82, 2.24) is 20.4 Å². The fourth-order valence-corrected chi connectivity index (χ4v) is 3.62. The Labute approximate surface area is 150 Å². The second kappa shape index (κ2) is 11.7. The third kappa shape index (κ3) is 7.84. The SMILES string of the molecule is CN=C(NCCCN1CCCCC1C)NCCN(C(C)C)C(C)C. The van der Waals surface area contributed by atoms with Crippen LogP contribution in [0.1, 0.15) is 60.3 Å². The summed E-state index contributed by atoms with van der Waals surface area (Å²) in [5.74, 6) is 0.925. The first-order valence-electron chi connectivity index (χ1n) is 9.90. The van der Waals surface area contributed by atoms with Gasteiger partial charge in [-0.2, -0.15) is 0 Å². The second-order valence-corrected chi connectivity index (χ2v) is 7.59. The van der Waals surface area contributed by atoms with Crippen molar-refractivity contribution in [3.8, 4) is 0 Å². The summed E-state index contributed by atoms with van der Waals surface area (Å²) in [6.07, 6.45) is 5.30. The van der Waals surface area contributed by atoms with E-state index >= 15 is 0 Å². The number of guanidine groups is 1. The van der Waals surface area contributed by atoms with Crippen LogP contribution in [-0.2, 0) is 0 Å². The molecule has 1 unspecified atom stereocenters. The van der Waals surface area contributed by atoms with Crippen LogP contribution in [0.5, 0.6) is 0 Å². The Kier molecular flexibility index (Phi) is 10.3. The smallest absolute Gasteiger partial charge is 0.191 e. The Bertz CT molecular complexity index is 346. The Hall–Kier alpha value is -0.810. The lowest BCUT2D eigenvalue weighted by atomic mass is 10.0. The molecule has 0 spiro atoms. The Morgan fingerprint density at radius 3 is 2.38 bits per heavy atom. The van der Waals surface area contributed by atoms with Crippen LogP contribution in [0.15, 0.2) is 4.99 Å². The summed E-state index contributed by atoms with van der Waals surface area (Å²) in [5, 5.41) is 6.89. The first-order chi connectivity index (χ1) is 11.5. The van der Waals surface area contributed by atoms with Crippen LogP contribution in [0.3, 0.4) is 0 Å². The lowest BCUT2D eigenvalue weighted by Gasteiger charge is -2.33. The van der Waals surface area contributed by atoms with Gasteiger partial charge in [-0.05, 0) is 60.4 Å². The Balaban J connectivity index is 2.18. The normalized spacial score (nSPS) is 20.2. The Morgan fingerprint density at radius 2 is 1.79 bits per heavy atom. The predicted octanol–water partition coefficient (Wildman–Crippen LogP) is 2.53. The highest BCUT2D eigenvalue weighted by molar-refractivity contribution is 5.79. The number of hydrogen-bond donors (Lipinski definition) is 2. The molecule has 2 N–H and O–H groups in total. The first kappa shape index (κ1) is 21.2. The zero-order valence-corrected chi connectivity index (χ0v) is 16.9. The van der Waals surface area contributed by atoms with E-state index in [-0.39, 0.29) is 0 Å². The number of aliphatic imine (C=N–C) groups is 1. The first-order valence-corrected chi connectivity index (χ1v) is 9.90. The molecule has 0 saturated carbocycles. The van der Waals surface area contributed by atoms with Crippen molar-refractivity contribution >= 4 is 5.96 Å². The van der Waals surface area contributed by atoms with Gasteiger partial charge >= 0.3 is 0 Å². The van der Waals surface area contributed by atoms with Gasteiger partial charge in [0.05, 0.1) is 0 Å². The van der Waals surface area contributed by atoms with Crippen molar-refractivity contribution < 1.29 is 0 Å². The average molecular weight is 340 g/mol. The maximum atomic E-state index is 4.34. The van der Waals surface area contributed by atoms with Crippen LogP contribution in [-0.4, -0.2) is 73.7 Å². The fourth-order valence-electron chi connectivity index (χ4n) is 3.62. The number of rotatable bonds is 9. The number of nitrogens with zero attached hydrogens (tertiary/aromatic N) is 3. The molecule has 142 valence electrons. The second-order valence-electron chi connectivity index (χ2n) is 7.59. The summed E-state index contributed by atoms with van der Waals surface area (Å²) in [4.78, 5) is 9.46. The quantitative estimate of drug-likeness (QED) is 0.385. The van der Waals surface area contributed by atoms with Gasteiger partial charge in [-0.25, -0.2) is 0 Å². The van der Waals surface area contributed by atoms with Crippen LogP contribution in [0.25, 0.3) is 0 Å². The summed E-state index contributed by atoms with van der Waals surface area (Å²) in [7, 11) is 1.85. The molecular formula is C19H41N5. The molecule has 0 radical (unpaired) electrons. The summed E-state index contributed by atoms with van der Waals surface area (Å²) in [6, 6.07) is 1.91. The molecule has 1 aliphatic heterocycles. The lowest BCUT2D eigenvalue weighted by molar-refractivity contribution is 0.159. The molecule has 1 atom stereocenters. The van der Waals surface area contributed by atoms with Gasteiger partial charge in [0.1, 0.15) is 0 Å². The summed E-state index contributed by atoms with van der Waals surface area (Å²) < 4.78 is 0. The van der Waals surface area contributed by atoms with E-state index in [1.807, 2.05) is 7.05 Å². The highest BCUT2D eigenvalue weighted by Gasteiger charge is 2.17. The van der Waals surface area contributed by atoms with Crippen molar-refractivity contribution in [2.24, 2.45) is 4.99 Å². The predicted molar refractivity (Wildman–Crippen MR) is 106 cm³/mol. The standard InChI is InChI=1S/C19H41N5/c1-16(2)24(17(3)4)15-12-22-19(20-6)21-11-9-14-23-13-8-7-10-18(23)5/h16-18H,7-15H2,1-6H3,(H2,20,21,22). The maximum Gasteiger partial charge on any atom is 0.191 e. The molecule has 0 bridgehead atoms. The van der Waals surface area contributed by atoms with Crippen molar-refractivity contribution in [2.45, 2.75) is 78.4 Å². The molecule has 1 aliphatic rings. The van der Waals surface area contributed by atoms with Gasteiger partial charge in [0.2, 0.25) is 0 Å². The zero-order valence-electron chi connectivity index (χ0n) is 16.9. The summed E-state index contributed by atoms with van der Waals surface area (Å²) in [6.45, 7) is 16.8. The van der Waals surface area contributed by atoms with E-state index in [0.29, 0.717) is 12.1 Å². The molecule has 1 saturated heterocycles. The fraction of sp³-hybridized carbons (Fsp3) is 0.947. The van der Waals surface area contributed by atoms with Gasteiger partial charge in [0.25, 0.3) is 0 Å². The minimum Gasteiger partial charge on any atom is -0.356 e. The highest BCUT2D eigenvalue weighted by Crippen LogP contribution is 2.15. The van der Waals surface area contributed by atoms with E-state index in [2.05, 4.69) is 60.0 Å². The molecule has 0 aromatic rings. The van der Waals surface area contributed by atoms with Crippen LogP contribution in [0, 0.1) is 0 Å². The minimum atomic E-state index is 0.577. The molecule has 1 heterocycles. The van der Waals surface area contributed by atoms with Crippen LogP contribution < -0.4 is 10.6 Å². The molecule has 1 fully saturated rings. The average Bonchev–Trinajstić information content (AvgIpc) is 2.54. The molecular weight excluding hydrogens is 298 g/mol. The van der Waals surface area contributed by atoms with E-state index in [1.165, 1.54) is 38.8 Å². The molecule has 0 aromatic heterocycles. The molecule has 0 aliphatic carbocycles. The number of piperidine rings is 1. The van der Waals surface area contributed by atoms with Gasteiger partial charge in [0, 0.05) is 51.4 Å². The van der Waals surface area contributed by atoms with Gasteiger partial charge in [-0.15, -0.1) is 0 Å². The van der Waals surface area contributed by atoms with E-state index in [9.17, 15) is 0 Å². The molecule has 0 amide bonds. The van der Waals surface area contributed by atoms with E-state index < -0.39 is 0 Å². The monoisotopic (exact) mass is 339 g/mol. The molecule has 24 heavy (non-hydrogen) atoms. The van der Waals surface area contributed by atoms with Gasteiger partial charge in [0.15, 0.2) is 5.96 Å². The van der Waals surface area contributed by atoms with Crippen molar-refractivity contribution in [3.05, 3.63) is 0 Å². The van der Waals surface area contributed by atoms with Crippen molar-refractivity contribution in [3.63, 3.8) is 0 Å². The molecule has 5 nitrogen and oxygen atoms in total. The third-order valence-corrected chi connectivity index (χ3v) is 5.07. The lowest BCUT2D eigenvalue weighted by Crippen LogP contribution is -2.46. The topological polar surface area (TPSA) is 42.9 Å². The molecule has 0 aromatic carbocycles. The Morgan fingerprint density at radius 1 is 1.12 bits per heavy atom. The summed E-state index contributed by atoms with van der Waals surface area (Å²) >= 11 is 0. The number of nitrogens with one attached hydrogen (secondary N) is 2. The minimum absolute atomic E-state index is 0.577. The van der Waals surface area contributed by atoms with Crippen LogP contribution >= 0.6 is 0 Å². The van der Waals surface area contributed by atoms with E-state index in [1.54, 1.807) is 0 Å². The highest BCUT2D eigenvalue weighted by atomic mass is 15.2. The summed E-state index contributed by atoms with van der Waals surface area (Å²) in [5.41, 5.74) is 0. The van der Waals surface area contributed by atoms with E-state index in [4.69, 9.17) is 0 Å². The van der Waals surface area contributed by atoms with E-state index in [0.717, 1.165) is 31.6 Å². The molecule has 1 rings (SSSR count). The maximum absolute atomic E-state index is 4.34.